The van der Waals surface area contributed by atoms with Gasteiger partial charge in [0.25, 0.3) is 10.0 Å². The number of para-hydroxylation sites is 1. The lowest BCUT2D eigenvalue weighted by Gasteiger charge is -2.08. The van der Waals surface area contributed by atoms with Crippen LogP contribution in [0.25, 0.3) is 21.7 Å². The summed E-state index contributed by atoms with van der Waals surface area (Å²) in [6.07, 6.45) is 1.32. The molecule has 0 N–H and O–H groups in total. The Balaban J connectivity index is 1.97. The summed E-state index contributed by atoms with van der Waals surface area (Å²) in [6.45, 7) is 0. The van der Waals surface area contributed by atoms with E-state index in [2.05, 4.69) is 0 Å². The number of aromatic nitrogens is 1. The number of hydrogen-bond acceptors (Lipinski definition) is 4. The zero-order valence-electron chi connectivity index (χ0n) is 13.9. The van der Waals surface area contributed by atoms with Crippen LogP contribution in [0.2, 0.25) is 0 Å². The fourth-order valence-electron chi connectivity index (χ4n) is 3.06. The second kappa shape index (κ2) is 6.00. The van der Waals surface area contributed by atoms with Crippen molar-refractivity contribution in [3.8, 4) is 0 Å². The maximum absolute atomic E-state index is 13.2. The minimum Gasteiger partial charge on any atom is -0.465 e. The Morgan fingerprint density at radius 1 is 0.923 bits per heavy atom. The number of rotatable bonds is 3. The Morgan fingerprint density at radius 2 is 1.62 bits per heavy atom. The van der Waals surface area contributed by atoms with Crippen LogP contribution in [-0.4, -0.2) is 25.5 Å². The third-order valence-electron chi connectivity index (χ3n) is 4.36. The number of nitrogens with zero attached hydrogens (tertiary/aromatic N) is 1. The van der Waals surface area contributed by atoms with Gasteiger partial charge in [-0.2, -0.15) is 0 Å². The number of methoxy groups -OCH3 is 1. The molecule has 1 aromatic heterocycles. The summed E-state index contributed by atoms with van der Waals surface area (Å²) in [7, 11) is -2.60. The van der Waals surface area contributed by atoms with Crippen LogP contribution in [-0.2, 0) is 14.8 Å². The van der Waals surface area contributed by atoms with Gasteiger partial charge in [0.1, 0.15) is 0 Å². The van der Waals surface area contributed by atoms with Gasteiger partial charge in [-0.05, 0) is 29.0 Å². The quantitative estimate of drug-likeness (QED) is 0.518. The molecule has 0 fully saturated rings. The lowest BCUT2D eigenvalue weighted by Crippen LogP contribution is -2.12. The average molecular weight is 365 g/mol. The van der Waals surface area contributed by atoms with Gasteiger partial charge in [0.05, 0.1) is 23.1 Å². The molecule has 0 spiro atoms. The number of fused-ring (bicyclic) bond motifs is 2. The predicted molar refractivity (Wildman–Crippen MR) is 99.8 cm³/mol. The monoisotopic (exact) mass is 365 g/mol. The third kappa shape index (κ3) is 2.46. The number of hydrogen-bond donors (Lipinski definition) is 0. The van der Waals surface area contributed by atoms with Crippen molar-refractivity contribution >= 4 is 37.7 Å². The van der Waals surface area contributed by atoms with E-state index in [0.717, 1.165) is 14.7 Å². The largest absolute Gasteiger partial charge is 0.465 e. The average Bonchev–Trinajstić information content (AvgIpc) is 3.07. The highest BCUT2D eigenvalue weighted by Gasteiger charge is 2.24. The second-order valence-corrected chi connectivity index (χ2v) is 7.68. The van der Waals surface area contributed by atoms with Crippen LogP contribution in [0.4, 0.5) is 0 Å². The van der Waals surface area contributed by atoms with Gasteiger partial charge in [0.15, 0.2) is 0 Å². The molecule has 130 valence electrons. The van der Waals surface area contributed by atoms with Gasteiger partial charge in [-0.1, -0.05) is 48.5 Å². The lowest BCUT2D eigenvalue weighted by molar-refractivity contribution is 0.0603. The van der Waals surface area contributed by atoms with Crippen molar-refractivity contribution in [2.45, 2.75) is 4.90 Å². The first-order chi connectivity index (χ1) is 12.5. The van der Waals surface area contributed by atoms with E-state index in [1.807, 2.05) is 24.3 Å². The fraction of sp³-hybridized carbons (Fsp3) is 0.0500. The van der Waals surface area contributed by atoms with Crippen LogP contribution >= 0.6 is 0 Å². The molecule has 0 aliphatic carbocycles. The first kappa shape index (κ1) is 16.4. The molecular weight excluding hydrogens is 350 g/mol. The van der Waals surface area contributed by atoms with Gasteiger partial charge in [-0.15, -0.1) is 0 Å². The molecule has 4 aromatic rings. The van der Waals surface area contributed by atoms with E-state index >= 15 is 0 Å². The summed E-state index contributed by atoms with van der Waals surface area (Å²) in [5.74, 6) is -0.575. The Kier molecular flexibility index (Phi) is 3.77. The molecular formula is C20H15NO4S. The standard InChI is InChI=1S/C20H15NO4S/c1-25-20(22)18-13-21(19-9-5-4-8-17(18)19)26(23,24)16-11-10-14-6-2-3-7-15(14)12-16/h2-13H,1H3. The minimum atomic E-state index is -3.87. The molecule has 0 saturated carbocycles. The first-order valence-electron chi connectivity index (χ1n) is 7.95. The molecule has 3 aromatic carbocycles. The zero-order chi connectivity index (χ0) is 18.3. The minimum absolute atomic E-state index is 0.161. The van der Waals surface area contributed by atoms with Gasteiger partial charge < -0.3 is 4.74 Å². The van der Waals surface area contributed by atoms with Gasteiger partial charge in [-0.25, -0.2) is 17.2 Å². The zero-order valence-corrected chi connectivity index (χ0v) is 14.7. The Morgan fingerprint density at radius 3 is 2.38 bits per heavy atom. The Hall–Kier alpha value is -3.12. The molecule has 4 rings (SSSR count). The molecule has 26 heavy (non-hydrogen) atoms. The molecule has 0 atom stereocenters. The highest BCUT2D eigenvalue weighted by atomic mass is 32.2. The fourth-order valence-corrected chi connectivity index (χ4v) is 4.47. The topological polar surface area (TPSA) is 65.4 Å². The summed E-state index contributed by atoms with van der Waals surface area (Å²) in [4.78, 5) is 12.2. The summed E-state index contributed by atoms with van der Waals surface area (Å²) in [5.41, 5.74) is 0.647. The number of carbonyl (C=O) groups is 1. The van der Waals surface area contributed by atoms with Crippen molar-refractivity contribution in [1.82, 2.24) is 3.97 Å². The number of esters is 1. The molecule has 0 saturated heterocycles. The predicted octanol–water partition coefficient (Wildman–Crippen LogP) is 3.82. The summed E-state index contributed by atoms with van der Waals surface area (Å²) >= 11 is 0. The van der Waals surface area contributed by atoms with E-state index in [9.17, 15) is 13.2 Å². The third-order valence-corrected chi connectivity index (χ3v) is 6.03. The van der Waals surface area contributed by atoms with Crippen molar-refractivity contribution in [2.24, 2.45) is 0 Å². The number of benzene rings is 3. The summed E-state index contributed by atoms with van der Waals surface area (Å²) in [6, 6.07) is 19.4. The van der Waals surface area contributed by atoms with E-state index in [1.54, 1.807) is 42.5 Å². The van der Waals surface area contributed by atoms with E-state index in [-0.39, 0.29) is 10.5 Å². The van der Waals surface area contributed by atoms with E-state index < -0.39 is 16.0 Å². The molecule has 1 heterocycles. The van der Waals surface area contributed by atoms with Crippen molar-refractivity contribution in [3.05, 3.63) is 78.5 Å². The van der Waals surface area contributed by atoms with Crippen LogP contribution in [0.5, 0.6) is 0 Å². The number of ether oxygens (including phenoxy) is 1. The smallest absolute Gasteiger partial charge is 0.340 e. The van der Waals surface area contributed by atoms with Crippen LogP contribution in [0, 0.1) is 0 Å². The Labute approximate surface area is 150 Å². The SMILES string of the molecule is COC(=O)c1cn(S(=O)(=O)c2ccc3ccccc3c2)c2ccccc12. The van der Waals surface area contributed by atoms with Crippen LogP contribution in [0.15, 0.2) is 77.8 Å². The van der Waals surface area contributed by atoms with E-state index in [1.165, 1.54) is 13.3 Å². The molecule has 0 unspecified atom stereocenters. The van der Waals surface area contributed by atoms with Crippen LogP contribution in [0.1, 0.15) is 10.4 Å². The van der Waals surface area contributed by atoms with Gasteiger partial charge >= 0.3 is 5.97 Å². The molecule has 0 amide bonds. The van der Waals surface area contributed by atoms with Gasteiger partial charge in [0.2, 0.25) is 0 Å². The van der Waals surface area contributed by atoms with Gasteiger partial charge in [0, 0.05) is 11.6 Å². The first-order valence-corrected chi connectivity index (χ1v) is 9.39. The highest BCUT2D eigenvalue weighted by molar-refractivity contribution is 7.90. The van der Waals surface area contributed by atoms with Gasteiger partial charge in [-0.3, -0.25) is 0 Å². The summed E-state index contributed by atoms with van der Waals surface area (Å²) in [5, 5.41) is 2.32. The van der Waals surface area contributed by atoms with Crippen LogP contribution in [0.3, 0.4) is 0 Å². The Bertz CT molecular complexity index is 1260. The van der Waals surface area contributed by atoms with Crippen molar-refractivity contribution in [1.29, 1.82) is 0 Å². The maximum Gasteiger partial charge on any atom is 0.340 e. The van der Waals surface area contributed by atoms with Crippen molar-refractivity contribution < 1.29 is 17.9 Å². The molecule has 0 aliphatic rings. The molecule has 5 nitrogen and oxygen atoms in total. The van der Waals surface area contributed by atoms with Crippen molar-refractivity contribution in [3.63, 3.8) is 0 Å². The summed E-state index contributed by atoms with van der Waals surface area (Å²) < 4.78 is 32.4. The normalized spacial score (nSPS) is 11.7. The lowest BCUT2D eigenvalue weighted by atomic mass is 10.1. The molecule has 0 bridgehead atoms. The highest BCUT2D eigenvalue weighted by Crippen LogP contribution is 2.28. The number of carbonyl (C=O) groups excluding carboxylic acids is 1. The van der Waals surface area contributed by atoms with Crippen LogP contribution < -0.4 is 0 Å². The van der Waals surface area contributed by atoms with Crippen molar-refractivity contribution in [2.75, 3.05) is 7.11 Å². The maximum atomic E-state index is 13.2. The molecule has 0 radical (unpaired) electrons. The van der Waals surface area contributed by atoms with E-state index in [4.69, 9.17) is 4.74 Å². The second-order valence-electron chi connectivity index (χ2n) is 5.86. The molecule has 0 aliphatic heterocycles. The van der Waals surface area contributed by atoms with E-state index in [0.29, 0.717) is 10.9 Å². The molecule has 6 heteroatoms.